The summed E-state index contributed by atoms with van der Waals surface area (Å²) in [5.74, 6) is 0.593. The van der Waals surface area contributed by atoms with Gasteiger partial charge in [0.1, 0.15) is 5.52 Å². The lowest BCUT2D eigenvalue weighted by Gasteiger charge is -1.99. The van der Waals surface area contributed by atoms with E-state index in [1.807, 2.05) is 60.8 Å². The molecule has 0 aliphatic heterocycles. The second-order valence-corrected chi connectivity index (χ2v) is 5.39. The Kier molecular flexibility index (Phi) is 3.13. The third kappa shape index (κ3) is 2.36. The van der Waals surface area contributed by atoms with Crippen molar-refractivity contribution in [3.63, 3.8) is 0 Å². The number of halogens is 1. The molecule has 0 atom stereocenters. The molecule has 2 aromatic carbocycles. The Labute approximate surface area is 132 Å². The van der Waals surface area contributed by atoms with Crippen LogP contribution in [0.3, 0.4) is 0 Å². The highest BCUT2D eigenvalue weighted by Gasteiger charge is 2.09. The van der Waals surface area contributed by atoms with Gasteiger partial charge in [0.15, 0.2) is 5.58 Å². The number of nitrogens with zero attached hydrogens (tertiary/aromatic N) is 2. The van der Waals surface area contributed by atoms with E-state index in [-0.39, 0.29) is 0 Å². The van der Waals surface area contributed by atoms with Crippen LogP contribution in [-0.4, -0.2) is 9.97 Å². The molecule has 0 radical (unpaired) electrons. The van der Waals surface area contributed by atoms with Gasteiger partial charge in [0.2, 0.25) is 5.89 Å². The van der Waals surface area contributed by atoms with Crippen LogP contribution in [0.15, 0.2) is 71.4 Å². The number of benzene rings is 2. The van der Waals surface area contributed by atoms with Gasteiger partial charge in [-0.25, -0.2) is 4.98 Å². The molecule has 106 valence electrons. The average molecular weight is 307 g/mol. The molecule has 0 unspecified atom stereocenters. The van der Waals surface area contributed by atoms with Gasteiger partial charge in [-0.15, -0.1) is 0 Å². The fourth-order valence-electron chi connectivity index (χ4n) is 2.36. The van der Waals surface area contributed by atoms with Crippen LogP contribution in [0.5, 0.6) is 0 Å². The van der Waals surface area contributed by atoms with E-state index in [0.717, 1.165) is 27.8 Å². The molecule has 0 amide bonds. The van der Waals surface area contributed by atoms with E-state index >= 15 is 0 Å². The summed E-state index contributed by atoms with van der Waals surface area (Å²) in [5, 5.41) is 0.693. The van der Waals surface area contributed by atoms with Crippen molar-refractivity contribution in [3.8, 4) is 22.6 Å². The number of fused-ring (bicyclic) bond motifs is 1. The van der Waals surface area contributed by atoms with E-state index in [1.54, 1.807) is 6.20 Å². The zero-order chi connectivity index (χ0) is 14.9. The van der Waals surface area contributed by atoms with Gasteiger partial charge in [0.05, 0.1) is 0 Å². The molecule has 4 aromatic rings. The molecule has 2 heterocycles. The number of aromatic nitrogens is 2. The van der Waals surface area contributed by atoms with Gasteiger partial charge in [-0.1, -0.05) is 23.7 Å². The Morgan fingerprint density at radius 3 is 2.45 bits per heavy atom. The maximum absolute atomic E-state index is 5.91. The summed E-state index contributed by atoms with van der Waals surface area (Å²) in [7, 11) is 0. The minimum Gasteiger partial charge on any atom is -0.436 e. The minimum absolute atomic E-state index is 0.593. The molecule has 0 bridgehead atoms. The van der Waals surface area contributed by atoms with Crippen molar-refractivity contribution in [2.75, 3.05) is 0 Å². The van der Waals surface area contributed by atoms with Crippen LogP contribution in [0.1, 0.15) is 0 Å². The molecular weight excluding hydrogens is 296 g/mol. The largest absolute Gasteiger partial charge is 0.436 e. The Hall–Kier alpha value is -2.65. The van der Waals surface area contributed by atoms with Gasteiger partial charge in [0.25, 0.3) is 0 Å². The number of hydrogen-bond acceptors (Lipinski definition) is 3. The SMILES string of the molecule is Clc1ccc(-c2nc3cc(-c4cccnc4)ccc3o2)cc1. The first-order chi connectivity index (χ1) is 10.8. The molecule has 22 heavy (non-hydrogen) atoms. The van der Waals surface area contributed by atoms with Crippen molar-refractivity contribution in [1.29, 1.82) is 0 Å². The molecule has 0 N–H and O–H groups in total. The van der Waals surface area contributed by atoms with Crippen molar-refractivity contribution < 1.29 is 4.42 Å². The molecule has 3 nitrogen and oxygen atoms in total. The first kappa shape index (κ1) is 13.0. The summed E-state index contributed by atoms with van der Waals surface area (Å²) in [4.78, 5) is 8.71. The van der Waals surface area contributed by atoms with Crippen LogP contribution >= 0.6 is 11.6 Å². The number of oxazole rings is 1. The van der Waals surface area contributed by atoms with Gasteiger partial charge in [-0.3, -0.25) is 4.98 Å². The van der Waals surface area contributed by atoms with E-state index in [9.17, 15) is 0 Å². The first-order valence-electron chi connectivity index (χ1n) is 6.86. The molecule has 2 aromatic heterocycles. The quantitative estimate of drug-likeness (QED) is 0.510. The molecule has 4 rings (SSSR count). The van der Waals surface area contributed by atoms with Crippen molar-refractivity contribution in [2.24, 2.45) is 0 Å². The number of rotatable bonds is 2. The normalized spacial score (nSPS) is 11.0. The lowest BCUT2D eigenvalue weighted by Crippen LogP contribution is -1.79. The Bertz CT molecular complexity index is 930. The van der Waals surface area contributed by atoms with Gasteiger partial charge in [-0.05, 0) is 48.0 Å². The number of hydrogen-bond donors (Lipinski definition) is 0. The molecule has 0 aliphatic carbocycles. The van der Waals surface area contributed by atoms with E-state index in [1.165, 1.54) is 0 Å². The Morgan fingerprint density at radius 1 is 0.864 bits per heavy atom. The first-order valence-corrected chi connectivity index (χ1v) is 7.24. The molecular formula is C18H11ClN2O. The van der Waals surface area contributed by atoms with Gasteiger partial charge in [-0.2, -0.15) is 0 Å². The highest BCUT2D eigenvalue weighted by atomic mass is 35.5. The third-order valence-corrected chi connectivity index (χ3v) is 3.73. The highest BCUT2D eigenvalue weighted by molar-refractivity contribution is 6.30. The highest BCUT2D eigenvalue weighted by Crippen LogP contribution is 2.28. The predicted octanol–water partition coefficient (Wildman–Crippen LogP) is 5.21. The zero-order valence-corrected chi connectivity index (χ0v) is 12.3. The molecule has 4 heteroatoms. The van der Waals surface area contributed by atoms with Crippen LogP contribution < -0.4 is 0 Å². The van der Waals surface area contributed by atoms with Crippen LogP contribution in [-0.2, 0) is 0 Å². The standard InChI is InChI=1S/C18H11ClN2O/c19-15-6-3-12(4-7-15)18-21-16-10-13(5-8-17(16)22-18)14-2-1-9-20-11-14/h1-11H. The van der Waals surface area contributed by atoms with Crippen LogP contribution in [0.4, 0.5) is 0 Å². The van der Waals surface area contributed by atoms with Crippen LogP contribution in [0, 0.1) is 0 Å². The number of pyridine rings is 1. The van der Waals surface area contributed by atoms with Crippen LogP contribution in [0.2, 0.25) is 5.02 Å². The fourth-order valence-corrected chi connectivity index (χ4v) is 2.48. The van der Waals surface area contributed by atoms with Gasteiger partial charge in [0, 0.05) is 28.5 Å². The molecule has 0 fully saturated rings. The molecule has 0 saturated heterocycles. The molecule has 0 aliphatic rings. The summed E-state index contributed by atoms with van der Waals surface area (Å²) >= 11 is 5.91. The topological polar surface area (TPSA) is 38.9 Å². The summed E-state index contributed by atoms with van der Waals surface area (Å²) in [6.07, 6.45) is 3.60. The lowest BCUT2D eigenvalue weighted by molar-refractivity contribution is 0.620. The summed E-state index contributed by atoms with van der Waals surface area (Å²) in [5.41, 5.74) is 4.62. The average Bonchev–Trinajstić information content (AvgIpc) is 2.99. The second kappa shape index (κ2) is 5.28. The van der Waals surface area contributed by atoms with E-state index < -0.39 is 0 Å². The maximum Gasteiger partial charge on any atom is 0.227 e. The summed E-state index contributed by atoms with van der Waals surface area (Å²) < 4.78 is 5.82. The monoisotopic (exact) mass is 306 g/mol. The van der Waals surface area contributed by atoms with Crippen molar-refractivity contribution in [1.82, 2.24) is 9.97 Å². The van der Waals surface area contributed by atoms with E-state index in [4.69, 9.17) is 16.0 Å². The second-order valence-electron chi connectivity index (χ2n) is 4.95. The zero-order valence-electron chi connectivity index (χ0n) is 11.5. The van der Waals surface area contributed by atoms with E-state index in [2.05, 4.69) is 9.97 Å². The third-order valence-electron chi connectivity index (χ3n) is 3.47. The van der Waals surface area contributed by atoms with Gasteiger partial charge >= 0.3 is 0 Å². The van der Waals surface area contributed by atoms with Crippen molar-refractivity contribution in [3.05, 3.63) is 72.0 Å². The van der Waals surface area contributed by atoms with Crippen LogP contribution in [0.25, 0.3) is 33.7 Å². The fraction of sp³-hybridized carbons (Fsp3) is 0. The maximum atomic E-state index is 5.91. The molecule has 0 saturated carbocycles. The van der Waals surface area contributed by atoms with E-state index in [0.29, 0.717) is 10.9 Å². The minimum atomic E-state index is 0.593. The Morgan fingerprint density at radius 2 is 1.68 bits per heavy atom. The van der Waals surface area contributed by atoms with Crippen molar-refractivity contribution >= 4 is 22.7 Å². The summed E-state index contributed by atoms with van der Waals surface area (Å²) in [6.45, 7) is 0. The molecule has 0 spiro atoms. The summed E-state index contributed by atoms with van der Waals surface area (Å²) in [6, 6.07) is 17.3. The predicted molar refractivity (Wildman–Crippen MR) is 87.7 cm³/mol. The van der Waals surface area contributed by atoms with Crippen molar-refractivity contribution in [2.45, 2.75) is 0 Å². The lowest BCUT2D eigenvalue weighted by atomic mass is 10.1. The van der Waals surface area contributed by atoms with Gasteiger partial charge < -0.3 is 4.42 Å². The smallest absolute Gasteiger partial charge is 0.227 e. The Balaban J connectivity index is 1.80.